The minimum atomic E-state index is -4.64. The predicted molar refractivity (Wildman–Crippen MR) is 99.2 cm³/mol. The Morgan fingerprint density at radius 2 is 1.79 bits per heavy atom. The van der Waals surface area contributed by atoms with Gasteiger partial charge in [-0.15, -0.1) is 4.68 Å². The first-order valence-electron chi connectivity index (χ1n) is 8.51. The van der Waals surface area contributed by atoms with E-state index in [-0.39, 0.29) is 46.4 Å². The number of hydrogen-bond donors (Lipinski definition) is 1. The van der Waals surface area contributed by atoms with E-state index in [9.17, 15) is 28.0 Å². The van der Waals surface area contributed by atoms with Crippen LogP contribution in [0.1, 0.15) is 34.5 Å². The van der Waals surface area contributed by atoms with E-state index in [4.69, 9.17) is 17.3 Å². The van der Waals surface area contributed by atoms with Crippen LogP contribution in [0.2, 0.25) is 5.02 Å². The molecule has 2 N–H and O–H groups in total. The fraction of sp³-hybridized carbons (Fsp3) is 0.211. The number of amides is 1. The van der Waals surface area contributed by atoms with Crippen molar-refractivity contribution in [2.24, 2.45) is 5.73 Å². The van der Waals surface area contributed by atoms with Gasteiger partial charge in [0.25, 0.3) is 5.52 Å². The molecule has 0 saturated heterocycles. The van der Waals surface area contributed by atoms with Gasteiger partial charge in [-0.3, -0.25) is 9.59 Å². The maximum absolute atomic E-state index is 13.1. The van der Waals surface area contributed by atoms with Gasteiger partial charge in [0.05, 0.1) is 17.5 Å². The maximum Gasteiger partial charge on any atom is 0.416 e. The lowest BCUT2D eigenvalue weighted by atomic mass is 10.0. The molecule has 6 nitrogen and oxygen atoms in total. The number of nitrogens with zero attached hydrogens (tertiary/aromatic N) is 2. The number of fused-ring (bicyclic) bond motifs is 1. The topological polar surface area (TPSA) is 92.0 Å². The van der Waals surface area contributed by atoms with Crippen molar-refractivity contribution < 1.29 is 27.6 Å². The van der Waals surface area contributed by atoms with Crippen LogP contribution < -0.4 is 10.6 Å². The molecule has 0 bridgehead atoms. The molecule has 0 aliphatic rings. The smallest absolute Gasteiger partial charge is 0.416 e. The monoisotopic (exact) mass is 425 g/mol. The lowest BCUT2D eigenvalue weighted by molar-refractivity contribution is -0.670. The summed E-state index contributed by atoms with van der Waals surface area (Å²) < 4.78 is 40.2. The average molecular weight is 426 g/mol. The van der Waals surface area contributed by atoms with Crippen LogP contribution in [0.5, 0.6) is 0 Å². The van der Waals surface area contributed by atoms with Gasteiger partial charge in [-0.2, -0.15) is 13.2 Å². The van der Waals surface area contributed by atoms with Gasteiger partial charge in [-0.25, -0.2) is 0 Å². The molecule has 1 aromatic heterocycles. The summed E-state index contributed by atoms with van der Waals surface area (Å²) in [7, 11) is 0. The molecule has 0 saturated carbocycles. The second-order valence-corrected chi connectivity index (χ2v) is 6.82. The lowest BCUT2D eigenvalue weighted by Crippen LogP contribution is -2.39. The molecule has 0 fully saturated rings. The van der Waals surface area contributed by atoms with Gasteiger partial charge in [0.2, 0.25) is 11.7 Å². The number of alkyl halides is 3. The second-order valence-electron chi connectivity index (χ2n) is 6.38. The first-order chi connectivity index (χ1) is 13.6. The van der Waals surface area contributed by atoms with E-state index in [0.29, 0.717) is 11.1 Å². The van der Waals surface area contributed by atoms with E-state index in [2.05, 4.69) is 0 Å². The number of carbonyl (C=O) groups excluding carboxylic acids is 2. The molecule has 152 valence electrons. The average Bonchev–Trinajstić information content (AvgIpc) is 2.92. The van der Waals surface area contributed by atoms with Gasteiger partial charge in [-0.05, 0) is 42.8 Å². The Hall–Kier alpha value is -3.07. The van der Waals surface area contributed by atoms with Crippen LogP contribution in [-0.4, -0.2) is 16.4 Å². The summed E-state index contributed by atoms with van der Waals surface area (Å²) in [4.78, 5) is 24.3. The first kappa shape index (κ1) is 20.7. The van der Waals surface area contributed by atoms with Crippen molar-refractivity contribution in [2.45, 2.75) is 25.6 Å². The van der Waals surface area contributed by atoms with Gasteiger partial charge in [0.15, 0.2) is 5.69 Å². The molecular formula is C19H15ClF3N3O3. The number of halogens is 4. The molecule has 2 aromatic carbocycles. The highest BCUT2D eigenvalue weighted by molar-refractivity contribution is 6.30. The Morgan fingerprint density at radius 1 is 1.14 bits per heavy atom. The van der Waals surface area contributed by atoms with Crippen LogP contribution in [0.25, 0.3) is 10.9 Å². The van der Waals surface area contributed by atoms with Gasteiger partial charge in [0, 0.05) is 23.1 Å². The molecule has 0 radical (unpaired) electrons. The third-order valence-electron chi connectivity index (χ3n) is 4.38. The van der Waals surface area contributed by atoms with Crippen LogP contribution >= 0.6 is 11.6 Å². The molecule has 0 atom stereocenters. The zero-order valence-corrected chi connectivity index (χ0v) is 15.6. The molecule has 3 aromatic rings. The molecular weight excluding hydrogens is 411 g/mol. The number of rotatable bonds is 6. The number of benzene rings is 2. The fourth-order valence-electron chi connectivity index (χ4n) is 3.01. The van der Waals surface area contributed by atoms with E-state index in [0.717, 1.165) is 16.8 Å². The van der Waals surface area contributed by atoms with Crippen molar-refractivity contribution in [2.75, 3.05) is 0 Å². The molecule has 10 heteroatoms. The number of aromatic nitrogens is 2. The number of primary amides is 1. The molecule has 1 heterocycles. The number of ketones is 1. The van der Waals surface area contributed by atoms with Crippen molar-refractivity contribution in [3.63, 3.8) is 0 Å². The summed E-state index contributed by atoms with van der Waals surface area (Å²) in [5.74, 6) is -1.15. The van der Waals surface area contributed by atoms with E-state index < -0.39 is 23.4 Å². The van der Waals surface area contributed by atoms with Crippen molar-refractivity contribution in [1.29, 1.82) is 0 Å². The van der Waals surface area contributed by atoms with E-state index in [1.807, 2.05) is 0 Å². The zero-order valence-electron chi connectivity index (χ0n) is 14.9. The molecule has 0 aliphatic heterocycles. The third-order valence-corrected chi connectivity index (χ3v) is 4.63. The largest absolute Gasteiger partial charge is 0.595 e. The number of nitrogens with two attached hydrogens (primary N) is 1. The quantitative estimate of drug-likeness (QED) is 0.372. The van der Waals surface area contributed by atoms with E-state index in [1.54, 1.807) is 0 Å². The Morgan fingerprint density at radius 3 is 2.38 bits per heavy atom. The first-order valence-corrected chi connectivity index (χ1v) is 8.89. The van der Waals surface area contributed by atoms with Gasteiger partial charge in [-0.1, -0.05) is 16.4 Å². The SMILES string of the molecule is NC(=O)CCCn1c(C(=O)c2ccc(Cl)cc2)c2ccc(C(F)(F)F)cc2[n+]1[O-]. The Labute approximate surface area is 167 Å². The van der Waals surface area contributed by atoms with Crippen LogP contribution in [0, 0.1) is 5.21 Å². The highest BCUT2D eigenvalue weighted by atomic mass is 35.5. The molecule has 29 heavy (non-hydrogen) atoms. The van der Waals surface area contributed by atoms with Crippen molar-refractivity contribution in [3.8, 4) is 0 Å². The zero-order chi connectivity index (χ0) is 21.3. The van der Waals surface area contributed by atoms with Crippen LogP contribution in [0.15, 0.2) is 42.5 Å². The predicted octanol–water partition coefficient (Wildman–Crippen LogP) is 3.44. The van der Waals surface area contributed by atoms with Gasteiger partial charge in [0.1, 0.15) is 0 Å². The van der Waals surface area contributed by atoms with Crippen LogP contribution in [-0.2, 0) is 17.5 Å². The highest BCUT2D eigenvalue weighted by Crippen LogP contribution is 2.32. The summed E-state index contributed by atoms with van der Waals surface area (Å²) in [5, 5.41) is 13.2. The minimum absolute atomic E-state index is 0.0447. The molecule has 0 aliphatic carbocycles. The van der Waals surface area contributed by atoms with Crippen LogP contribution in [0.4, 0.5) is 13.2 Å². The van der Waals surface area contributed by atoms with Crippen LogP contribution in [0.3, 0.4) is 0 Å². The van der Waals surface area contributed by atoms with Gasteiger partial charge < -0.3 is 10.9 Å². The van der Waals surface area contributed by atoms with Gasteiger partial charge >= 0.3 is 6.18 Å². The second kappa shape index (κ2) is 7.75. The molecule has 1 amide bonds. The third kappa shape index (κ3) is 4.19. The summed E-state index contributed by atoms with van der Waals surface area (Å²) in [5.41, 5.74) is 3.94. The summed E-state index contributed by atoms with van der Waals surface area (Å²) in [6, 6.07) is 8.50. The van der Waals surface area contributed by atoms with E-state index in [1.165, 1.54) is 24.3 Å². The van der Waals surface area contributed by atoms with Crippen molar-refractivity contribution in [1.82, 2.24) is 4.68 Å². The highest BCUT2D eigenvalue weighted by Gasteiger charge is 2.34. The Balaban J connectivity index is 2.17. The maximum atomic E-state index is 13.1. The fourth-order valence-corrected chi connectivity index (χ4v) is 3.14. The molecule has 0 unspecified atom stereocenters. The lowest BCUT2D eigenvalue weighted by Gasteiger charge is -2.07. The molecule has 0 spiro atoms. The summed E-state index contributed by atoms with van der Waals surface area (Å²) in [6.07, 6.45) is -4.54. The summed E-state index contributed by atoms with van der Waals surface area (Å²) in [6.45, 7) is -0.0723. The normalized spacial score (nSPS) is 11.7. The van der Waals surface area contributed by atoms with E-state index >= 15 is 0 Å². The Bertz CT molecular complexity index is 1090. The Kier molecular flexibility index (Phi) is 5.52. The molecule has 3 rings (SSSR count). The summed E-state index contributed by atoms with van der Waals surface area (Å²) >= 11 is 5.83. The van der Waals surface area contributed by atoms with Crippen molar-refractivity contribution in [3.05, 3.63) is 69.5 Å². The standard InChI is InChI=1S/C19H15ClF3N3O3/c20-13-6-3-11(4-7-13)18(28)17-14-8-5-12(19(21,22)23)10-15(14)26(29)25(17)9-1-2-16(24)27/h3-8,10H,1-2,9H2,(H2,24,27). The number of hydrogen-bond acceptors (Lipinski definition) is 3. The van der Waals surface area contributed by atoms with Crippen molar-refractivity contribution >= 4 is 34.2 Å². The number of carbonyl (C=O) groups is 2. The minimum Gasteiger partial charge on any atom is -0.595 e.